The van der Waals surface area contributed by atoms with E-state index in [0.29, 0.717) is 74.6 Å². The van der Waals surface area contributed by atoms with Gasteiger partial charge in [-0.25, -0.2) is 9.59 Å². The fourth-order valence-corrected chi connectivity index (χ4v) is 7.37. The van der Waals surface area contributed by atoms with Crippen molar-refractivity contribution in [3.05, 3.63) is 65.7 Å². The second kappa shape index (κ2) is 31.3. The molecular weight excluding hydrogens is 777 g/mol. The summed E-state index contributed by atoms with van der Waals surface area (Å²) in [5, 5.41) is 0. The summed E-state index contributed by atoms with van der Waals surface area (Å²) in [5.74, 6) is 1.92. The molecule has 0 aromatic heterocycles. The second-order valence-electron chi connectivity index (χ2n) is 16.1. The zero-order valence-electron chi connectivity index (χ0n) is 37.5. The van der Waals surface area contributed by atoms with Gasteiger partial charge in [-0.2, -0.15) is 0 Å². The Morgan fingerprint density at radius 3 is 1.59 bits per heavy atom. The van der Waals surface area contributed by atoms with Gasteiger partial charge in [0.15, 0.2) is 0 Å². The van der Waals surface area contributed by atoms with E-state index in [1.54, 1.807) is 25.1 Å². The van der Waals surface area contributed by atoms with Crippen molar-refractivity contribution in [3.63, 3.8) is 0 Å². The van der Waals surface area contributed by atoms with Crippen LogP contribution in [-0.2, 0) is 33.3 Å². The van der Waals surface area contributed by atoms with E-state index in [0.717, 1.165) is 82.3 Å². The standard InChI is InChI=1S/C50H74O11/c1-5-19-40-20-22-41(23-21-40)42-24-26-43(27-25-42)56-32-13-7-9-15-34-58-47(51)30-31-48(52)59-35-16-10-8-14-33-57-44-28-29-46(55-6-2)45(38-44)50(54)61-37-18-12-11-17-36-60-49(53)39(3)4/h24-29,38,40-41H,3,5-23,30-37H2,1-2,4H3. The lowest BCUT2D eigenvalue weighted by molar-refractivity contribution is -0.150. The number of carbonyl (C=O) groups is 4. The molecule has 0 heterocycles. The van der Waals surface area contributed by atoms with Crippen molar-refractivity contribution in [1.29, 1.82) is 0 Å². The van der Waals surface area contributed by atoms with E-state index in [9.17, 15) is 19.2 Å². The number of ether oxygens (including phenoxy) is 7. The molecule has 1 aliphatic carbocycles. The average molecular weight is 851 g/mol. The molecule has 0 amide bonds. The van der Waals surface area contributed by atoms with Crippen LogP contribution >= 0.6 is 0 Å². The summed E-state index contributed by atoms with van der Waals surface area (Å²) in [6.07, 6.45) is 18.1. The van der Waals surface area contributed by atoms with Crippen LogP contribution in [0.4, 0.5) is 0 Å². The molecule has 3 rings (SSSR count). The summed E-state index contributed by atoms with van der Waals surface area (Å²) in [7, 11) is 0. The van der Waals surface area contributed by atoms with Crippen LogP contribution < -0.4 is 14.2 Å². The van der Waals surface area contributed by atoms with Gasteiger partial charge in [0, 0.05) is 5.57 Å². The third kappa shape index (κ3) is 22.2. The second-order valence-corrected chi connectivity index (χ2v) is 16.1. The summed E-state index contributed by atoms with van der Waals surface area (Å²) in [6, 6.07) is 13.8. The largest absolute Gasteiger partial charge is 0.494 e. The minimum absolute atomic E-state index is 0.0130. The third-order valence-electron chi connectivity index (χ3n) is 10.9. The molecule has 1 saturated carbocycles. The number of hydrogen-bond donors (Lipinski definition) is 0. The molecule has 11 nitrogen and oxygen atoms in total. The fraction of sp³-hybridized carbons (Fsp3) is 0.640. The minimum Gasteiger partial charge on any atom is -0.494 e. The monoisotopic (exact) mass is 851 g/mol. The summed E-state index contributed by atoms with van der Waals surface area (Å²) in [4.78, 5) is 48.5. The highest BCUT2D eigenvalue weighted by Gasteiger charge is 2.22. The van der Waals surface area contributed by atoms with Gasteiger partial charge in [-0.1, -0.05) is 38.5 Å². The van der Waals surface area contributed by atoms with Crippen molar-refractivity contribution in [2.24, 2.45) is 5.92 Å². The molecule has 2 aromatic rings. The number of benzene rings is 2. The van der Waals surface area contributed by atoms with E-state index >= 15 is 0 Å². The van der Waals surface area contributed by atoms with E-state index in [1.807, 2.05) is 6.92 Å². The lowest BCUT2D eigenvalue weighted by atomic mass is 9.77. The van der Waals surface area contributed by atoms with Crippen molar-refractivity contribution >= 4 is 23.9 Å². The van der Waals surface area contributed by atoms with Crippen LogP contribution in [0.25, 0.3) is 0 Å². The summed E-state index contributed by atoms with van der Waals surface area (Å²) < 4.78 is 38.7. The number of rotatable bonds is 33. The molecule has 0 radical (unpaired) electrons. The summed E-state index contributed by atoms with van der Waals surface area (Å²) >= 11 is 0. The third-order valence-corrected chi connectivity index (χ3v) is 10.9. The topological polar surface area (TPSA) is 133 Å². The Balaban J connectivity index is 1.13. The number of unbranched alkanes of at least 4 members (excludes halogenated alkanes) is 9. The van der Waals surface area contributed by atoms with E-state index in [1.165, 1.54) is 44.1 Å². The molecule has 1 fully saturated rings. The summed E-state index contributed by atoms with van der Waals surface area (Å²) in [6.45, 7) is 12.2. The maximum Gasteiger partial charge on any atom is 0.342 e. The normalized spacial score (nSPS) is 14.7. The average Bonchev–Trinajstić information content (AvgIpc) is 3.26. The van der Waals surface area contributed by atoms with Crippen LogP contribution in [0.3, 0.4) is 0 Å². The van der Waals surface area contributed by atoms with Gasteiger partial charge in [0.05, 0.1) is 59.1 Å². The molecule has 0 N–H and O–H groups in total. The van der Waals surface area contributed by atoms with Gasteiger partial charge < -0.3 is 33.2 Å². The Labute approximate surface area is 365 Å². The molecule has 0 unspecified atom stereocenters. The van der Waals surface area contributed by atoms with Gasteiger partial charge >= 0.3 is 23.9 Å². The van der Waals surface area contributed by atoms with Crippen LogP contribution in [0.15, 0.2) is 54.6 Å². The predicted octanol–water partition coefficient (Wildman–Crippen LogP) is 11.4. The maximum atomic E-state index is 12.9. The van der Waals surface area contributed by atoms with Crippen molar-refractivity contribution in [3.8, 4) is 17.2 Å². The van der Waals surface area contributed by atoms with Crippen molar-refractivity contribution in [2.75, 3.05) is 46.2 Å². The molecule has 0 spiro atoms. The van der Waals surface area contributed by atoms with Crippen LogP contribution in [0, 0.1) is 5.92 Å². The van der Waals surface area contributed by atoms with Gasteiger partial charge in [0.25, 0.3) is 0 Å². The molecule has 2 aromatic carbocycles. The van der Waals surface area contributed by atoms with Crippen LogP contribution in [0.5, 0.6) is 17.2 Å². The number of esters is 4. The Hall–Kier alpha value is -4.54. The predicted molar refractivity (Wildman–Crippen MR) is 237 cm³/mol. The fourth-order valence-electron chi connectivity index (χ4n) is 7.37. The molecule has 340 valence electrons. The first-order valence-electron chi connectivity index (χ1n) is 23.1. The Bertz CT molecular complexity index is 1560. The van der Waals surface area contributed by atoms with Crippen molar-refractivity contribution in [1.82, 2.24) is 0 Å². The van der Waals surface area contributed by atoms with E-state index < -0.39 is 11.9 Å². The first-order valence-corrected chi connectivity index (χ1v) is 23.1. The first-order chi connectivity index (χ1) is 29.7. The molecule has 0 aliphatic heterocycles. The zero-order valence-corrected chi connectivity index (χ0v) is 37.5. The van der Waals surface area contributed by atoms with Crippen molar-refractivity contribution in [2.45, 2.75) is 155 Å². The van der Waals surface area contributed by atoms with Gasteiger partial charge in [-0.3, -0.25) is 9.59 Å². The van der Waals surface area contributed by atoms with Crippen LogP contribution in [-0.4, -0.2) is 70.1 Å². The summed E-state index contributed by atoms with van der Waals surface area (Å²) in [5.41, 5.74) is 2.15. The first kappa shape index (κ1) is 50.8. The molecular formula is C50H74O11. The molecule has 0 atom stereocenters. The smallest absolute Gasteiger partial charge is 0.342 e. The lowest BCUT2D eigenvalue weighted by Crippen LogP contribution is -2.13. The minimum atomic E-state index is -0.467. The Morgan fingerprint density at radius 1 is 0.574 bits per heavy atom. The highest BCUT2D eigenvalue weighted by Crippen LogP contribution is 2.38. The molecule has 11 heteroatoms. The molecule has 0 saturated heterocycles. The quantitative estimate of drug-likeness (QED) is 0.0294. The molecule has 0 bridgehead atoms. The maximum absolute atomic E-state index is 12.9. The highest BCUT2D eigenvalue weighted by atomic mass is 16.5. The Morgan fingerprint density at radius 2 is 1.07 bits per heavy atom. The van der Waals surface area contributed by atoms with Gasteiger partial charge in [-0.15, -0.1) is 0 Å². The number of carbonyl (C=O) groups excluding carboxylic acids is 4. The molecule has 1 aliphatic rings. The van der Waals surface area contributed by atoms with Gasteiger partial charge in [0.1, 0.15) is 22.8 Å². The lowest BCUT2D eigenvalue weighted by Gasteiger charge is -2.28. The van der Waals surface area contributed by atoms with Gasteiger partial charge in [-0.05, 0) is 164 Å². The van der Waals surface area contributed by atoms with Crippen LogP contribution in [0.2, 0.25) is 0 Å². The van der Waals surface area contributed by atoms with E-state index in [2.05, 4.69) is 37.8 Å². The zero-order chi connectivity index (χ0) is 43.9. The Kier molecular flexibility index (Phi) is 26.1. The highest BCUT2D eigenvalue weighted by molar-refractivity contribution is 5.93. The van der Waals surface area contributed by atoms with E-state index in [-0.39, 0.29) is 31.4 Å². The van der Waals surface area contributed by atoms with Crippen LogP contribution in [0.1, 0.15) is 171 Å². The number of hydrogen-bond acceptors (Lipinski definition) is 11. The van der Waals surface area contributed by atoms with Gasteiger partial charge in [0.2, 0.25) is 0 Å². The van der Waals surface area contributed by atoms with Crippen molar-refractivity contribution < 1.29 is 52.3 Å². The SMILES string of the molecule is C=C(C)C(=O)OCCCCCCOC(=O)c1cc(OCCCCCCOC(=O)CCC(=O)OCCCCCCOc2ccc(C3CCC(CCC)CC3)cc2)ccc1OCC. The van der Waals surface area contributed by atoms with E-state index in [4.69, 9.17) is 33.2 Å². The molecule has 61 heavy (non-hydrogen) atoms.